The molecule has 100 valence electrons. The Kier molecular flexibility index (Phi) is 3.20. The van der Waals surface area contributed by atoms with Crippen molar-refractivity contribution >= 4 is 11.8 Å². The first-order valence-electron chi connectivity index (χ1n) is 6.35. The lowest BCUT2D eigenvalue weighted by atomic mass is 10.1. The molecule has 2 aromatic rings. The highest BCUT2D eigenvalue weighted by molar-refractivity contribution is 7.99. The van der Waals surface area contributed by atoms with Gasteiger partial charge in [-0.2, -0.15) is 0 Å². The van der Waals surface area contributed by atoms with E-state index in [9.17, 15) is 4.79 Å². The highest BCUT2D eigenvalue weighted by Gasteiger charge is 2.28. The molecule has 1 fully saturated rings. The Hall–Kier alpha value is -1.53. The lowest BCUT2D eigenvalue weighted by Crippen LogP contribution is -2.15. The molecular weight excluding hydrogens is 260 g/mol. The number of hydrogen-bond donors (Lipinski definition) is 2. The van der Waals surface area contributed by atoms with Crippen LogP contribution in [0.15, 0.2) is 39.1 Å². The van der Waals surface area contributed by atoms with E-state index >= 15 is 0 Å². The van der Waals surface area contributed by atoms with Gasteiger partial charge in [-0.25, -0.2) is 9.89 Å². The zero-order valence-electron chi connectivity index (χ0n) is 10.7. The fraction of sp³-hybridized carbons (Fsp3) is 0.385. The Morgan fingerprint density at radius 1 is 1.42 bits per heavy atom. The van der Waals surface area contributed by atoms with Gasteiger partial charge >= 0.3 is 5.69 Å². The van der Waals surface area contributed by atoms with Crippen molar-refractivity contribution in [1.82, 2.24) is 14.8 Å². The first-order chi connectivity index (χ1) is 9.15. The second-order valence-electron chi connectivity index (χ2n) is 4.87. The van der Waals surface area contributed by atoms with Gasteiger partial charge in [0.05, 0.1) is 0 Å². The number of aromatic amines is 1. The second kappa shape index (κ2) is 4.86. The van der Waals surface area contributed by atoms with Gasteiger partial charge in [0.15, 0.2) is 5.16 Å². The molecule has 5 nitrogen and oxygen atoms in total. The van der Waals surface area contributed by atoms with Gasteiger partial charge in [0, 0.05) is 17.0 Å². The van der Waals surface area contributed by atoms with E-state index in [0.717, 1.165) is 28.5 Å². The van der Waals surface area contributed by atoms with E-state index in [2.05, 4.69) is 10.2 Å². The zero-order valence-corrected chi connectivity index (χ0v) is 11.5. The fourth-order valence-corrected chi connectivity index (χ4v) is 2.87. The standard InChI is InChI=1S/C13H16N4OS/c1-8(14)9-2-6-11(7-3-9)19-13-16-15-12(18)17(13)10-4-5-10/h2-3,6-8,10H,4-5,14H2,1H3,(H,15,18)/t8-/m1/s1. The summed E-state index contributed by atoms with van der Waals surface area (Å²) in [4.78, 5) is 12.7. The van der Waals surface area contributed by atoms with E-state index in [1.54, 1.807) is 4.57 Å². The molecule has 3 N–H and O–H groups in total. The average Bonchev–Trinajstić information content (AvgIpc) is 3.16. The van der Waals surface area contributed by atoms with Crippen molar-refractivity contribution in [3.63, 3.8) is 0 Å². The maximum Gasteiger partial charge on any atom is 0.344 e. The maximum atomic E-state index is 11.7. The second-order valence-corrected chi connectivity index (χ2v) is 5.91. The third-order valence-corrected chi connectivity index (χ3v) is 4.18. The van der Waals surface area contributed by atoms with Gasteiger partial charge < -0.3 is 5.73 Å². The Morgan fingerprint density at radius 3 is 2.68 bits per heavy atom. The van der Waals surface area contributed by atoms with E-state index in [-0.39, 0.29) is 11.7 Å². The lowest BCUT2D eigenvalue weighted by Gasteiger charge is -2.07. The minimum atomic E-state index is -0.114. The topological polar surface area (TPSA) is 76.7 Å². The van der Waals surface area contributed by atoms with Gasteiger partial charge in [0.25, 0.3) is 0 Å². The van der Waals surface area contributed by atoms with Gasteiger partial charge in [-0.1, -0.05) is 12.1 Å². The molecule has 0 aliphatic heterocycles. The van der Waals surface area contributed by atoms with Crippen LogP contribution in [0.4, 0.5) is 0 Å². The quantitative estimate of drug-likeness (QED) is 0.896. The minimum Gasteiger partial charge on any atom is -0.324 e. The van der Waals surface area contributed by atoms with E-state index < -0.39 is 0 Å². The summed E-state index contributed by atoms with van der Waals surface area (Å²) in [5.41, 5.74) is 6.81. The smallest absolute Gasteiger partial charge is 0.324 e. The number of nitrogens with zero attached hydrogens (tertiary/aromatic N) is 2. The number of hydrogen-bond acceptors (Lipinski definition) is 4. The molecule has 1 aromatic heterocycles. The molecule has 1 aliphatic rings. The van der Waals surface area contributed by atoms with Gasteiger partial charge in [-0.05, 0) is 49.2 Å². The molecule has 1 saturated carbocycles. The number of benzene rings is 1. The summed E-state index contributed by atoms with van der Waals surface area (Å²) in [6.07, 6.45) is 2.13. The van der Waals surface area contributed by atoms with Crippen molar-refractivity contribution in [2.24, 2.45) is 5.73 Å². The molecule has 0 radical (unpaired) electrons. The summed E-state index contributed by atoms with van der Waals surface area (Å²) < 4.78 is 1.75. The molecule has 0 saturated heterocycles. The summed E-state index contributed by atoms with van der Waals surface area (Å²) in [6.45, 7) is 1.96. The third-order valence-electron chi connectivity index (χ3n) is 3.20. The van der Waals surface area contributed by atoms with Crippen LogP contribution in [0.2, 0.25) is 0 Å². The van der Waals surface area contributed by atoms with Crippen molar-refractivity contribution < 1.29 is 0 Å². The lowest BCUT2D eigenvalue weighted by molar-refractivity contribution is 0.642. The molecule has 0 unspecified atom stereocenters. The van der Waals surface area contributed by atoms with E-state index in [4.69, 9.17) is 5.73 Å². The van der Waals surface area contributed by atoms with Crippen LogP contribution in [0.5, 0.6) is 0 Å². The molecular formula is C13H16N4OS. The number of H-pyrrole nitrogens is 1. The monoisotopic (exact) mass is 276 g/mol. The largest absolute Gasteiger partial charge is 0.344 e. The molecule has 3 rings (SSSR count). The number of nitrogens with two attached hydrogens (primary N) is 1. The summed E-state index contributed by atoms with van der Waals surface area (Å²) in [6, 6.07) is 8.42. The number of nitrogens with one attached hydrogen (secondary N) is 1. The van der Waals surface area contributed by atoms with Crippen LogP contribution in [-0.4, -0.2) is 14.8 Å². The molecule has 6 heteroatoms. The first kappa shape index (κ1) is 12.5. The van der Waals surface area contributed by atoms with Crippen LogP contribution in [0.25, 0.3) is 0 Å². The highest BCUT2D eigenvalue weighted by atomic mass is 32.2. The first-order valence-corrected chi connectivity index (χ1v) is 7.17. The maximum absolute atomic E-state index is 11.7. The van der Waals surface area contributed by atoms with E-state index in [1.165, 1.54) is 11.8 Å². The molecule has 0 spiro atoms. The molecule has 0 amide bonds. The van der Waals surface area contributed by atoms with Gasteiger partial charge in [-0.3, -0.25) is 4.57 Å². The van der Waals surface area contributed by atoms with Crippen LogP contribution in [-0.2, 0) is 0 Å². The van der Waals surface area contributed by atoms with Gasteiger partial charge in [0.2, 0.25) is 0 Å². The highest BCUT2D eigenvalue weighted by Crippen LogP contribution is 2.37. The van der Waals surface area contributed by atoms with Crippen LogP contribution in [0.1, 0.15) is 37.4 Å². The van der Waals surface area contributed by atoms with Crippen LogP contribution in [0, 0.1) is 0 Å². The van der Waals surface area contributed by atoms with Crippen LogP contribution >= 0.6 is 11.8 Å². The van der Waals surface area contributed by atoms with E-state index in [0.29, 0.717) is 6.04 Å². The van der Waals surface area contributed by atoms with E-state index in [1.807, 2.05) is 31.2 Å². The Balaban J connectivity index is 1.83. The molecule has 1 atom stereocenters. The predicted octanol–water partition coefficient (Wildman–Crippen LogP) is 2.08. The Bertz CT molecular complexity index is 625. The van der Waals surface area contributed by atoms with Crippen molar-refractivity contribution in [3.8, 4) is 0 Å². The normalized spacial score (nSPS) is 16.5. The van der Waals surface area contributed by atoms with Gasteiger partial charge in [-0.15, -0.1) is 5.10 Å². The molecule has 0 bridgehead atoms. The third kappa shape index (κ3) is 2.59. The van der Waals surface area contributed by atoms with Crippen molar-refractivity contribution in [2.75, 3.05) is 0 Å². The molecule has 1 aliphatic carbocycles. The zero-order chi connectivity index (χ0) is 13.4. The van der Waals surface area contributed by atoms with Crippen LogP contribution < -0.4 is 11.4 Å². The van der Waals surface area contributed by atoms with Crippen molar-refractivity contribution in [3.05, 3.63) is 40.3 Å². The van der Waals surface area contributed by atoms with Gasteiger partial charge in [0.1, 0.15) is 0 Å². The van der Waals surface area contributed by atoms with Crippen LogP contribution in [0.3, 0.4) is 0 Å². The summed E-state index contributed by atoms with van der Waals surface area (Å²) in [5, 5.41) is 7.36. The fourth-order valence-electron chi connectivity index (χ4n) is 1.96. The minimum absolute atomic E-state index is 0.0362. The molecule has 19 heavy (non-hydrogen) atoms. The SMILES string of the molecule is C[C@@H](N)c1ccc(Sc2n[nH]c(=O)n2C2CC2)cc1. The summed E-state index contributed by atoms with van der Waals surface area (Å²) >= 11 is 1.50. The number of rotatable bonds is 4. The Labute approximate surface area is 115 Å². The Morgan fingerprint density at radius 2 is 2.11 bits per heavy atom. The average molecular weight is 276 g/mol. The molecule has 1 aromatic carbocycles. The van der Waals surface area contributed by atoms with Crippen molar-refractivity contribution in [2.45, 2.75) is 41.9 Å². The number of aromatic nitrogens is 3. The summed E-state index contributed by atoms with van der Waals surface area (Å²) in [7, 11) is 0. The molecule has 1 heterocycles. The predicted molar refractivity (Wildman–Crippen MR) is 74.3 cm³/mol. The summed E-state index contributed by atoms with van der Waals surface area (Å²) in [5.74, 6) is 0. The van der Waals surface area contributed by atoms with Crippen molar-refractivity contribution in [1.29, 1.82) is 0 Å².